The maximum atomic E-state index is 11.2. The van der Waals surface area contributed by atoms with Gasteiger partial charge >= 0.3 is 11.9 Å². The van der Waals surface area contributed by atoms with Gasteiger partial charge in [-0.15, -0.1) is 0 Å². The van der Waals surface area contributed by atoms with Crippen LogP contribution < -0.4 is 0 Å². The first-order chi connectivity index (χ1) is 7.11. The fraction of sp³-hybridized carbons (Fsp3) is 0.600. The third kappa shape index (κ3) is 6.54. The van der Waals surface area contributed by atoms with Crippen LogP contribution in [-0.2, 0) is 19.1 Å². The van der Waals surface area contributed by atoms with Gasteiger partial charge < -0.3 is 14.6 Å². The van der Waals surface area contributed by atoms with Gasteiger partial charge in [0.25, 0.3) is 0 Å². The minimum absolute atomic E-state index is 0.187. The molecule has 15 heavy (non-hydrogen) atoms. The Bertz CT molecular complexity index is 244. The van der Waals surface area contributed by atoms with Crippen molar-refractivity contribution in [2.45, 2.75) is 26.7 Å². The Morgan fingerprint density at radius 3 is 2.40 bits per heavy atom. The number of ether oxygens (including phenoxy) is 2. The summed E-state index contributed by atoms with van der Waals surface area (Å²) in [5.74, 6) is -2.22. The van der Waals surface area contributed by atoms with E-state index in [2.05, 4.69) is 4.74 Å². The molecule has 0 amide bonds. The number of esters is 1. The molecule has 0 atom stereocenters. The number of carboxylic acids is 1. The third-order valence-corrected chi connectivity index (χ3v) is 1.49. The Balaban J connectivity index is 4.31. The molecule has 0 aliphatic rings. The third-order valence-electron chi connectivity index (χ3n) is 1.49. The van der Waals surface area contributed by atoms with E-state index in [1.165, 1.54) is 0 Å². The highest BCUT2D eigenvalue weighted by atomic mass is 16.6. The van der Waals surface area contributed by atoms with Crippen molar-refractivity contribution in [3.8, 4) is 0 Å². The minimum Gasteiger partial charge on any atom is -0.486 e. The van der Waals surface area contributed by atoms with Crippen LogP contribution in [0.3, 0.4) is 0 Å². The average molecular weight is 216 g/mol. The Hall–Kier alpha value is -1.52. The largest absolute Gasteiger partial charge is 0.486 e. The van der Waals surface area contributed by atoms with Crippen molar-refractivity contribution in [1.29, 1.82) is 0 Å². The number of rotatable bonds is 7. The molecule has 1 N–H and O–H groups in total. The SMILES string of the molecule is CCCCO/C(=C/C(=O)O)C(=O)OCC. The van der Waals surface area contributed by atoms with Crippen molar-refractivity contribution in [1.82, 2.24) is 0 Å². The van der Waals surface area contributed by atoms with Gasteiger partial charge in [0.1, 0.15) is 0 Å². The van der Waals surface area contributed by atoms with Crippen molar-refractivity contribution in [3.05, 3.63) is 11.8 Å². The second kappa shape index (κ2) is 7.84. The van der Waals surface area contributed by atoms with E-state index in [1.54, 1.807) is 6.92 Å². The van der Waals surface area contributed by atoms with Gasteiger partial charge in [-0.2, -0.15) is 0 Å². The lowest BCUT2D eigenvalue weighted by Crippen LogP contribution is -2.13. The monoisotopic (exact) mass is 216 g/mol. The zero-order valence-corrected chi connectivity index (χ0v) is 8.99. The van der Waals surface area contributed by atoms with Crippen LogP contribution in [0.15, 0.2) is 11.8 Å². The van der Waals surface area contributed by atoms with E-state index in [0.717, 1.165) is 12.8 Å². The van der Waals surface area contributed by atoms with Gasteiger partial charge in [-0.1, -0.05) is 13.3 Å². The topological polar surface area (TPSA) is 72.8 Å². The summed E-state index contributed by atoms with van der Waals surface area (Å²) in [6.45, 7) is 4.11. The van der Waals surface area contributed by atoms with Crippen LogP contribution in [-0.4, -0.2) is 30.3 Å². The normalized spacial score (nSPS) is 10.9. The smallest absolute Gasteiger partial charge is 0.373 e. The highest BCUT2D eigenvalue weighted by Gasteiger charge is 2.13. The van der Waals surface area contributed by atoms with E-state index in [1.807, 2.05) is 6.92 Å². The summed E-state index contributed by atoms with van der Waals surface area (Å²) in [6.07, 6.45) is 2.38. The van der Waals surface area contributed by atoms with Crippen LogP contribution in [0.5, 0.6) is 0 Å². The van der Waals surface area contributed by atoms with E-state index >= 15 is 0 Å². The highest BCUT2D eigenvalue weighted by molar-refractivity contribution is 5.93. The minimum atomic E-state index is -1.23. The van der Waals surface area contributed by atoms with E-state index in [4.69, 9.17) is 9.84 Å². The number of hydrogen-bond donors (Lipinski definition) is 1. The molecule has 0 saturated carbocycles. The molecule has 0 fully saturated rings. The van der Waals surface area contributed by atoms with Crippen LogP contribution in [0.25, 0.3) is 0 Å². The molecule has 86 valence electrons. The Labute approximate surface area is 88.7 Å². The number of aliphatic carboxylic acids is 1. The maximum Gasteiger partial charge on any atom is 0.373 e. The molecular formula is C10H16O5. The summed E-state index contributed by atoms with van der Waals surface area (Å²) in [5, 5.41) is 8.49. The Morgan fingerprint density at radius 2 is 1.93 bits per heavy atom. The van der Waals surface area contributed by atoms with Crippen molar-refractivity contribution in [3.63, 3.8) is 0 Å². The first-order valence-corrected chi connectivity index (χ1v) is 4.86. The van der Waals surface area contributed by atoms with Gasteiger partial charge in [0.05, 0.1) is 19.3 Å². The Morgan fingerprint density at radius 1 is 1.27 bits per heavy atom. The van der Waals surface area contributed by atoms with Gasteiger partial charge in [0.15, 0.2) is 0 Å². The number of carboxylic acid groups (broad SMARTS) is 1. The van der Waals surface area contributed by atoms with Crippen molar-refractivity contribution in [2.75, 3.05) is 13.2 Å². The van der Waals surface area contributed by atoms with E-state index in [9.17, 15) is 9.59 Å². The summed E-state index contributed by atoms with van der Waals surface area (Å²) in [6, 6.07) is 0. The predicted octanol–water partition coefficient (Wildman–Crippen LogP) is 1.33. The standard InChI is InChI=1S/C10H16O5/c1-3-5-6-15-8(7-9(11)12)10(13)14-4-2/h7H,3-6H2,1-2H3,(H,11,12)/b8-7+. The predicted molar refractivity (Wildman–Crippen MR) is 53.2 cm³/mol. The lowest BCUT2D eigenvalue weighted by molar-refractivity contribution is -0.143. The lowest BCUT2D eigenvalue weighted by atomic mass is 10.3. The fourth-order valence-electron chi connectivity index (χ4n) is 0.800. The van der Waals surface area contributed by atoms with E-state index in [-0.39, 0.29) is 12.4 Å². The lowest BCUT2D eigenvalue weighted by Gasteiger charge is -2.07. The van der Waals surface area contributed by atoms with Crippen molar-refractivity contribution >= 4 is 11.9 Å². The van der Waals surface area contributed by atoms with Crippen LogP contribution in [0.4, 0.5) is 0 Å². The zero-order valence-electron chi connectivity index (χ0n) is 8.99. The maximum absolute atomic E-state index is 11.2. The summed E-state index contributed by atoms with van der Waals surface area (Å²) in [7, 11) is 0. The van der Waals surface area contributed by atoms with Gasteiger partial charge in [-0.05, 0) is 13.3 Å². The molecule has 0 heterocycles. The Kier molecular flexibility index (Phi) is 7.05. The molecule has 0 rings (SSSR count). The molecule has 0 aromatic rings. The molecule has 0 spiro atoms. The van der Waals surface area contributed by atoms with Gasteiger partial charge in [0.2, 0.25) is 5.76 Å². The first kappa shape index (κ1) is 13.5. The molecule has 0 radical (unpaired) electrons. The number of carbonyl (C=O) groups excluding carboxylic acids is 1. The van der Waals surface area contributed by atoms with E-state index in [0.29, 0.717) is 12.7 Å². The molecule has 0 aromatic carbocycles. The molecule has 0 saturated heterocycles. The number of hydrogen-bond acceptors (Lipinski definition) is 4. The second-order valence-corrected chi connectivity index (χ2v) is 2.77. The van der Waals surface area contributed by atoms with Crippen LogP contribution in [0.2, 0.25) is 0 Å². The second-order valence-electron chi connectivity index (χ2n) is 2.77. The quantitative estimate of drug-likeness (QED) is 0.301. The van der Waals surface area contributed by atoms with E-state index < -0.39 is 11.9 Å². The van der Waals surface area contributed by atoms with Gasteiger partial charge in [0, 0.05) is 0 Å². The molecule has 0 bridgehead atoms. The molecule has 5 heteroatoms. The summed E-state index contributed by atoms with van der Waals surface area (Å²) in [5.41, 5.74) is 0. The van der Waals surface area contributed by atoms with Crippen LogP contribution in [0, 0.1) is 0 Å². The fourth-order valence-corrected chi connectivity index (χ4v) is 0.800. The van der Waals surface area contributed by atoms with Crippen molar-refractivity contribution in [2.24, 2.45) is 0 Å². The summed E-state index contributed by atoms with van der Waals surface area (Å²) >= 11 is 0. The van der Waals surface area contributed by atoms with Crippen LogP contribution in [0.1, 0.15) is 26.7 Å². The molecule has 5 nitrogen and oxygen atoms in total. The zero-order chi connectivity index (χ0) is 11.7. The molecule has 0 aliphatic carbocycles. The first-order valence-electron chi connectivity index (χ1n) is 4.86. The van der Waals surface area contributed by atoms with Gasteiger partial charge in [-0.25, -0.2) is 9.59 Å². The summed E-state index contributed by atoms with van der Waals surface area (Å²) in [4.78, 5) is 21.6. The summed E-state index contributed by atoms with van der Waals surface area (Å²) < 4.78 is 9.65. The van der Waals surface area contributed by atoms with Crippen molar-refractivity contribution < 1.29 is 24.2 Å². The van der Waals surface area contributed by atoms with Gasteiger partial charge in [-0.3, -0.25) is 0 Å². The van der Waals surface area contributed by atoms with Crippen LogP contribution >= 0.6 is 0 Å². The molecule has 0 aromatic heterocycles. The highest BCUT2D eigenvalue weighted by Crippen LogP contribution is 2.03. The average Bonchev–Trinajstić information content (AvgIpc) is 2.16. The number of unbranched alkanes of at least 4 members (excludes halogenated alkanes) is 1. The molecule has 0 unspecified atom stereocenters. The molecule has 0 aliphatic heterocycles. The number of carbonyl (C=O) groups is 2. The molecular weight excluding hydrogens is 200 g/mol.